The van der Waals surface area contributed by atoms with Crippen molar-refractivity contribution in [3.05, 3.63) is 88.4 Å². The van der Waals surface area contributed by atoms with Crippen molar-refractivity contribution in [2.75, 3.05) is 11.9 Å². The molecular weight excluding hydrogens is 483 g/mol. The fraction of sp³-hybridized carbons (Fsp3) is 0.125. The van der Waals surface area contributed by atoms with Gasteiger partial charge in [0.25, 0.3) is 0 Å². The Kier molecular flexibility index (Phi) is 6.93. The van der Waals surface area contributed by atoms with Crippen molar-refractivity contribution < 1.29 is 17.6 Å². The quantitative estimate of drug-likeness (QED) is 0.296. The van der Waals surface area contributed by atoms with Gasteiger partial charge in [-0.1, -0.05) is 53.5 Å². The maximum absolute atomic E-state index is 13.5. The van der Waals surface area contributed by atoms with Gasteiger partial charge < -0.3 is 14.5 Å². The molecule has 0 unspecified atom stereocenters. The highest BCUT2D eigenvalue weighted by atomic mass is 35.5. The SMILES string of the molecule is CCOc1ccc(S(=O)(=O)c2nc(-c3ccc(Cl)cc3Cl)oc2NCc2ccccc2)cc1. The van der Waals surface area contributed by atoms with Crippen molar-refractivity contribution in [2.45, 2.75) is 23.4 Å². The van der Waals surface area contributed by atoms with Crippen molar-refractivity contribution >= 4 is 38.9 Å². The minimum absolute atomic E-state index is 0.0220. The van der Waals surface area contributed by atoms with E-state index in [4.69, 9.17) is 32.4 Å². The van der Waals surface area contributed by atoms with E-state index in [9.17, 15) is 8.42 Å². The molecule has 4 aromatic rings. The molecule has 0 radical (unpaired) electrons. The lowest BCUT2D eigenvalue weighted by atomic mass is 10.2. The van der Waals surface area contributed by atoms with Crippen molar-refractivity contribution in [3.8, 4) is 17.2 Å². The van der Waals surface area contributed by atoms with Crippen LogP contribution < -0.4 is 10.1 Å². The summed E-state index contributed by atoms with van der Waals surface area (Å²) in [6.07, 6.45) is 0. The Bertz CT molecular complexity index is 1360. The maximum atomic E-state index is 13.5. The molecule has 0 amide bonds. The van der Waals surface area contributed by atoms with Gasteiger partial charge in [-0.25, -0.2) is 8.42 Å². The summed E-state index contributed by atoms with van der Waals surface area (Å²) in [5, 5.41) is 3.56. The number of halogens is 2. The fourth-order valence-electron chi connectivity index (χ4n) is 3.15. The zero-order chi connectivity index (χ0) is 23.4. The first kappa shape index (κ1) is 23.2. The molecule has 6 nitrogen and oxygen atoms in total. The minimum Gasteiger partial charge on any atom is -0.494 e. The van der Waals surface area contributed by atoms with Crippen LogP contribution >= 0.6 is 23.2 Å². The third-order valence-electron chi connectivity index (χ3n) is 4.75. The molecule has 9 heteroatoms. The summed E-state index contributed by atoms with van der Waals surface area (Å²) >= 11 is 12.3. The second kappa shape index (κ2) is 9.87. The number of oxazole rings is 1. The average Bonchev–Trinajstić information content (AvgIpc) is 3.24. The summed E-state index contributed by atoms with van der Waals surface area (Å²) < 4.78 is 38.2. The number of sulfone groups is 1. The predicted molar refractivity (Wildman–Crippen MR) is 129 cm³/mol. The van der Waals surface area contributed by atoms with Crippen LogP contribution in [0, 0.1) is 0 Å². The van der Waals surface area contributed by atoms with E-state index in [0.29, 0.717) is 34.5 Å². The number of anilines is 1. The molecule has 1 aromatic heterocycles. The predicted octanol–water partition coefficient (Wildman–Crippen LogP) is 6.49. The van der Waals surface area contributed by atoms with Gasteiger partial charge in [-0.15, -0.1) is 0 Å². The Hall–Kier alpha value is -3.00. The number of nitrogens with zero attached hydrogens (tertiary/aromatic N) is 1. The summed E-state index contributed by atoms with van der Waals surface area (Å²) in [5.74, 6) is 0.665. The van der Waals surface area contributed by atoms with Crippen LogP contribution in [-0.4, -0.2) is 20.0 Å². The van der Waals surface area contributed by atoms with Gasteiger partial charge in [-0.05, 0) is 55.0 Å². The molecule has 0 atom stereocenters. The second-order valence-electron chi connectivity index (χ2n) is 7.02. The zero-order valence-electron chi connectivity index (χ0n) is 17.6. The van der Waals surface area contributed by atoms with Gasteiger partial charge in [-0.2, -0.15) is 4.98 Å². The van der Waals surface area contributed by atoms with Gasteiger partial charge >= 0.3 is 0 Å². The topological polar surface area (TPSA) is 81.4 Å². The molecule has 0 aliphatic rings. The normalized spacial score (nSPS) is 11.4. The van der Waals surface area contributed by atoms with E-state index >= 15 is 0 Å². The molecule has 33 heavy (non-hydrogen) atoms. The average molecular weight is 503 g/mol. The van der Waals surface area contributed by atoms with Crippen LogP contribution in [0.3, 0.4) is 0 Å². The van der Waals surface area contributed by atoms with Crippen molar-refractivity contribution in [1.82, 2.24) is 4.98 Å². The number of rotatable bonds is 8. The van der Waals surface area contributed by atoms with Crippen LogP contribution in [-0.2, 0) is 16.4 Å². The molecule has 0 aliphatic heterocycles. The Morgan fingerprint density at radius 2 is 1.73 bits per heavy atom. The van der Waals surface area contributed by atoms with E-state index in [2.05, 4.69) is 10.3 Å². The Balaban J connectivity index is 1.76. The smallest absolute Gasteiger partial charge is 0.234 e. The van der Waals surface area contributed by atoms with E-state index in [1.165, 1.54) is 12.1 Å². The molecule has 0 saturated carbocycles. The molecule has 0 bridgehead atoms. The molecular formula is C24H20Cl2N2O4S. The van der Waals surface area contributed by atoms with E-state index in [1.807, 2.05) is 37.3 Å². The summed E-state index contributed by atoms with van der Waals surface area (Å²) in [5.41, 5.74) is 1.38. The van der Waals surface area contributed by atoms with Gasteiger partial charge in [0.15, 0.2) is 0 Å². The number of hydrogen-bond donors (Lipinski definition) is 1. The standard InChI is InChI=1S/C24H20Cl2N2O4S/c1-2-31-18-9-11-19(12-10-18)33(29,30)24-23(27-15-16-6-4-3-5-7-16)32-22(28-24)20-13-8-17(25)14-21(20)26/h3-14,27H,2,15H2,1H3. The van der Waals surface area contributed by atoms with Gasteiger partial charge in [-0.3, -0.25) is 0 Å². The largest absolute Gasteiger partial charge is 0.494 e. The van der Waals surface area contributed by atoms with Gasteiger partial charge in [0, 0.05) is 11.6 Å². The van der Waals surface area contributed by atoms with Gasteiger partial charge in [0.1, 0.15) is 5.75 Å². The third kappa shape index (κ3) is 5.16. The Labute approximate surface area is 202 Å². The minimum atomic E-state index is -4.01. The molecule has 0 aliphatic carbocycles. The summed E-state index contributed by atoms with van der Waals surface area (Å²) in [6.45, 7) is 2.68. The molecule has 0 fully saturated rings. The fourth-order valence-corrected chi connectivity index (χ4v) is 4.92. The molecule has 3 aromatic carbocycles. The van der Waals surface area contributed by atoms with Crippen LogP contribution in [0.4, 0.5) is 5.88 Å². The highest BCUT2D eigenvalue weighted by Crippen LogP contribution is 2.36. The number of nitrogens with one attached hydrogen (secondary N) is 1. The monoisotopic (exact) mass is 502 g/mol. The first-order valence-electron chi connectivity index (χ1n) is 10.1. The lowest BCUT2D eigenvalue weighted by Gasteiger charge is -2.07. The Morgan fingerprint density at radius 3 is 2.39 bits per heavy atom. The zero-order valence-corrected chi connectivity index (χ0v) is 19.9. The molecule has 0 saturated heterocycles. The summed E-state index contributed by atoms with van der Waals surface area (Å²) in [7, 11) is -4.01. The number of ether oxygens (including phenoxy) is 1. The highest BCUT2D eigenvalue weighted by molar-refractivity contribution is 7.91. The lowest BCUT2D eigenvalue weighted by molar-refractivity contribution is 0.340. The van der Waals surface area contributed by atoms with Gasteiger partial charge in [0.2, 0.25) is 26.6 Å². The first-order valence-corrected chi connectivity index (χ1v) is 12.3. The maximum Gasteiger partial charge on any atom is 0.234 e. The Morgan fingerprint density at radius 1 is 1.00 bits per heavy atom. The summed E-state index contributed by atoms with van der Waals surface area (Å²) in [6, 6.07) is 20.5. The van der Waals surface area contributed by atoms with E-state index in [-0.39, 0.29) is 21.7 Å². The van der Waals surface area contributed by atoms with E-state index in [1.54, 1.807) is 30.3 Å². The first-order chi connectivity index (χ1) is 15.9. The molecule has 1 N–H and O–H groups in total. The highest BCUT2D eigenvalue weighted by Gasteiger charge is 2.29. The van der Waals surface area contributed by atoms with Crippen molar-refractivity contribution in [3.63, 3.8) is 0 Å². The van der Waals surface area contributed by atoms with Crippen LogP contribution in [0.2, 0.25) is 10.0 Å². The number of aromatic nitrogens is 1. The van der Waals surface area contributed by atoms with Crippen LogP contribution in [0.5, 0.6) is 5.75 Å². The third-order valence-corrected chi connectivity index (χ3v) is 6.98. The van der Waals surface area contributed by atoms with Crippen molar-refractivity contribution in [2.24, 2.45) is 0 Å². The lowest BCUT2D eigenvalue weighted by Crippen LogP contribution is -2.07. The van der Waals surface area contributed by atoms with E-state index < -0.39 is 9.84 Å². The summed E-state index contributed by atoms with van der Waals surface area (Å²) in [4.78, 5) is 4.38. The molecule has 1 heterocycles. The molecule has 4 rings (SSSR count). The van der Waals surface area contributed by atoms with Gasteiger partial charge in [0.05, 0.1) is 22.1 Å². The van der Waals surface area contributed by atoms with Crippen LogP contribution in [0.1, 0.15) is 12.5 Å². The molecule has 0 spiro atoms. The second-order valence-corrected chi connectivity index (χ2v) is 9.73. The van der Waals surface area contributed by atoms with Crippen LogP contribution in [0.15, 0.2) is 87.1 Å². The number of hydrogen-bond acceptors (Lipinski definition) is 6. The van der Waals surface area contributed by atoms with E-state index in [0.717, 1.165) is 5.56 Å². The van der Waals surface area contributed by atoms with Crippen molar-refractivity contribution in [1.29, 1.82) is 0 Å². The number of benzene rings is 3. The van der Waals surface area contributed by atoms with Crippen LogP contribution in [0.25, 0.3) is 11.5 Å². The molecule has 170 valence electrons.